The minimum absolute atomic E-state index is 0.340. The molecule has 0 aliphatic rings. The fraction of sp³-hybridized carbons (Fsp3) is 0.944. The van der Waals surface area contributed by atoms with Gasteiger partial charge in [0.2, 0.25) is 5.91 Å². The maximum atomic E-state index is 12.5. The Kier molecular flexibility index (Phi) is 11.7. The van der Waals surface area contributed by atoms with Crippen molar-refractivity contribution in [2.75, 3.05) is 19.6 Å². The largest absolute Gasteiger partial charge is 0.343 e. The fourth-order valence-corrected chi connectivity index (χ4v) is 2.46. The number of nitrogens with two attached hydrogens (primary N) is 1. The number of amides is 1. The third-order valence-electron chi connectivity index (χ3n) is 4.22. The van der Waals surface area contributed by atoms with E-state index in [1.165, 1.54) is 0 Å². The van der Waals surface area contributed by atoms with Gasteiger partial charge in [-0.1, -0.05) is 41.0 Å². The lowest BCUT2D eigenvalue weighted by Gasteiger charge is -2.25. The molecule has 3 nitrogen and oxygen atoms in total. The Balaban J connectivity index is 4.33. The number of hydrogen-bond donors (Lipinski definition) is 1. The number of nitrogens with zero attached hydrogens (tertiary/aromatic N) is 1. The van der Waals surface area contributed by atoms with Gasteiger partial charge in [-0.2, -0.15) is 0 Å². The quantitative estimate of drug-likeness (QED) is 0.590. The van der Waals surface area contributed by atoms with Crippen molar-refractivity contribution in [3.63, 3.8) is 0 Å². The van der Waals surface area contributed by atoms with E-state index >= 15 is 0 Å². The van der Waals surface area contributed by atoms with E-state index in [1.54, 1.807) is 0 Å². The molecule has 1 atom stereocenters. The van der Waals surface area contributed by atoms with E-state index in [-0.39, 0.29) is 0 Å². The van der Waals surface area contributed by atoms with E-state index in [0.717, 1.165) is 51.7 Å². The Morgan fingerprint density at radius 1 is 0.952 bits per heavy atom. The van der Waals surface area contributed by atoms with E-state index in [2.05, 4.69) is 39.5 Å². The monoisotopic (exact) mass is 298 g/mol. The van der Waals surface area contributed by atoms with Crippen molar-refractivity contribution in [1.29, 1.82) is 0 Å². The van der Waals surface area contributed by atoms with Crippen molar-refractivity contribution < 1.29 is 4.79 Å². The molecule has 1 unspecified atom stereocenters. The molecular weight excluding hydrogens is 260 g/mol. The molecule has 0 spiro atoms. The zero-order valence-corrected chi connectivity index (χ0v) is 15.0. The molecular formula is C18H38N2O. The molecule has 1 amide bonds. The van der Waals surface area contributed by atoms with Crippen molar-refractivity contribution in [3.05, 3.63) is 0 Å². The number of carbonyl (C=O) groups excluding carboxylic acids is 1. The van der Waals surface area contributed by atoms with E-state index < -0.39 is 0 Å². The van der Waals surface area contributed by atoms with Crippen LogP contribution in [0.25, 0.3) is 0 Å². The summed E-state index contributed by atoms with van der Waals surface area (Å²) in [6.45, 7) is 13.6. The van der Waals surface area contributed by atoms with E-state index in [9.17, 15) is 4.79 Å². The van der Waals surface area contributed by atoms with E-state index in [1.807, 2.05) is 0 Å². The maximum absolute atomic E-state index is 12.5. The second-order valence-corrected chi connectivity index (χ2v) is 7.14. The van der Waals surface area contributed by atoms with Gasteiger partial charge >= 0.3 is 0 Å². The van der Waals surface area contributed by atoms with Crippen LogP contribution in [0.3, 0.4) is 0 Å². The summed E-state index contributed by atoms with van der Waals surface area (Å²) >= 11 is 0. The Morgan fingerprint density at radius 3 is 1.86 bits per heavy atom. The minimum atomic E-state index is 0.340. The van der Waals surface area contributed by atoms with Crippen LogP contribution in [0.2, 0.25) is 0 Å². The zero-order chi connectivity index (χ0) is 16.3. The van der Waals surface area contributed by atoms with Crippen molar-refractivity contribution in [2.24, 2.45) is 23.5 Å². The summed E-state index contributed by atoms with van der Waals surface area (Å²) in [5.74, 6) is 2.25. The predicted molar refractivity (Wildman–Crippen MR) is 92.2 cm³/mol. The third kappa shape index (κ3) is 10.8. The van der Waals surface area contributed by atoms with E-state index in [4.69, 9.17) is 5.73 Å². The van der Waals surface area contributed by atoms with Crippen LogP contribution in [0.1, 0.15) is 73.1 Å². The highest BCUT2D eigenvalue weighted by molar-refractivity contribution is 5.76. The van der Waals surface area contributed by atoms with Gasteiger partial charge in [-0.25, -0.2) is 0 Å². The molecule has 21 heavy (non-hydrogen) atoms. The molecule has 3 heteroatoms. The highest BCUT2D eigenvalue weighted by atomic mass is 16.2. The molecule has 0 saturated heterocycles. The normalized spacial score (nSPS) is 13.0. The second kappa shape index (κ2) is 12.0. The van der Waals surface area contributed by atoms with Crippen LogP contribution in [0.15, 0.2) is 0 Å². The smallest absolute Gasteiger partial charge is 0.222 e. The molecule has 0 aromatic heterocycles. The third-order valence-corrected chi connectivity index (χ3v) is 4.22. The molecule has 0 aliphatic carbocycles. The highest BCUT2D eigenvalue weighted by Crippen LogP contribution is 2.16. The van der Waals surface area contributed by atoms with Gasteiger partial charge in [0.15, 0.2) is 0 Å². The SMILES string of the molecule is CCC(CCN)CCC(=O)N(CCC(C)C)CCC(C)C. The lowest BCUT2D eigenvalue weighted by molar-refractivity contribution is -0.131. The number of carbonyl (C=O) groups is 1. The highest BCUT2D eigenvalue weighted by Gasteiger charge is 2.16. The molecule has 0 fully saturated rings. The summed E-state index contributed by atoms with van der Waals surface area (Å²) in [7, 11) is 0. The van der Waals surface area contributed by atoms with Crippen LogP contribution in [0, 0.1) is 17.8 Å². The second-order valence-electron chi connectivity index (χ2n) is 7.14. The molecule has 2 N–H and O–H groups in total. The molecule has 126 valence electrons. The Morgan fingerprint density at radius 2 is 1.48 bits per heavy atom. The molecule has 0 aromatic rings. The molecule has 0 radical (unpaired) electrons. The van der Waals surface area contributed by atoms with Gasteiger partial charge in [0.05, 0.1) is 0 Å². The maximum Gasteiger partial charge on any atom is 0.222 e. The summed E-state index contributed by atoms with van der Waals surface area (Å²) in [6.07, 6.45) is 6.05. The van der Waals surface area contributed by atoms with Gasteiger partial charge in [-0.05, 0) is 50.0 Å². The lowest BCUT2D eigenvalue weighted by Crippen LogP contribution is -2.34. The minimum Gasteiger partial charge on any atom is -0.343 e. The first kappa shape index (κ1) is 20.4. The van der Waals surface area contributed by atoms with Crippen LogP contribution in [0.5, 0.6) is 0 Å². The Labute approximate surface area is 132 Å². The van der Waals surface area contributed by atoms with Crippen LogP contribution < -0.4 is 5.73 Å². The van der Waals surface area contributed by atoms with Crippen molar-refractivity contribution in [3.8, 4) is 0 Å². The molecule has 0 bridgehead atoms. The predicted octanol–water partition coefficient (Wildman–Crippen LogP) is 4.06. The summed E-state index contributed by atoms with van der Waals surface area (Å²) in [5, 5.41) is 0. The molecule has 0 aromatic carbocycles. The Bertz CT molecular complexity index is 252. The average Bonchev–Trinajstić information content (AvgIpc) is 2.42. The van der Waals surface area contributed by atoms with Crippen LogP contribution in [0.4, 0.5) is 0 Å². The summed E-state index contributed by atoms with van der Waals surface area (Å²) in [5.41, 5.74) is 5.64. The van der Waals surface area contributed by atoms with Crippen LogP contribution in [-0.2, 0) is 4.79 Å². The van der Waals surface area contributed by atoms with Crippen molar-refractivity contribution in [1.82, 2.24) is 4.90 Å². The van der Waals surface area contributed by atoms with Gasteiger partial charge in [-0.3, -0.25) is 4.79 Å². The zero-order valence-electron chi connectivity index (χ0n) is 15.0. The van der Waals surface area contributed by atoms with Gasteiger partial charge < -0.3 is 10.6 Å². The van der Waals surface area contributed by atoms with Crippen molar-refractivity contribution >= 4 is 5.91 Å². The van der Waals surface area contributed by atoms with Gasteiger partial charge in [0.1, 0.15) is 0 Å². The van der Waals surface area contributed by atoms with Crippen LogP contribution in [-0.4, -0.2) is 30.4 Å². The van der Waals surface area contributed by atoms with Gasteiger partial charge in [-0.15, -0.1) is 0 Å². The van der Waals surface area contributed by atoms with Crippen molar-refractivity contribution in [2.45, 2.75) is 73.1 Å². The molecule has 0 rings (SSSR count). The molecule has 0 heterocycles. The molecule has 0 saturated carbocycles. The lowest BCUT2D eigenvalue weighted by atomic mass is 9.96. The topological polar surface area (TPSA) is 46.3 Å². The first-order valence-corrected chi connectivity index (χ1v) is 8.88. The number of hydrogen-bond acceptors (Lipinski definition) is 2. The Hall–Kier alpha value is -0.570. The molecule has 0 aliphatic heterocycles. The summed E-state index contributed by atoms with van der Waals surface area (Å²) < 4.78 is 0. The van der Waals surface area contributed by atoms with E-state index in [0.29, 0.717) is 30.1 Å². The van der Waals surface area contributed by atoms with Gasteiger partial charge in [0.25, 0.3) is 0 Å². The standard InChI is InChI=1S/C18H38N2O/c1-6-17(9-12-19)7-8-18(21)20(13-10-15(2)3)14-11-16(4)5/h15-17H,6-14,19H2,1-5H3. The average molecular weight is 299 g/mol. The van der Waals surface area contributed by atoms with Gasteiger partial charge in [0, 0.05) is 19.5 Å². The fourth-order valence-electron chi connectivity index (χ4n) is 2.46. The number of rotatable bonds is 12. The first-order valence-electron chi connectivity index (χ1n) is 8.88. The summed E-state index contributed by atoms with van der Waals surface area (Å²) in [6, 6.07) is 0. The van der Waals surface area contributed by atoms with Crippen LogP contribution >= 0.6 is 0 Å². The summed E-state index contributed by atoms with van der Waals surface area (Å²) in [4.78, 5) is 14.6. The first-order chi connectivity index (χ1) is 9.90.